The number of amides is 1. The van der Waals surface area contributed by atoms with E-state index in [4.69, 9.17) is 0 Å². The Morgan fingerprint density at radius 1 is 1.07 bits per heavy atom. The van der Waals surface area contributed by atoms with Crippen molar-refractivity contribution in [2.45, 2.75) is 25.0 Å². The monoisotopic (exact) mass is 437 g/mol. The lowest BCUT2D eigenvalue weighted by atomic mass is 10.2. The highest BCUT2D eigenvalue weighted by atomic mass is 32.2. The quantitative estimate of drug-likeness (QED) is 0.416. The summed E-state index contributed by atoms with van der Waals surface area (Å²) in [6.07, 6.45) is 4.41. The molecule has 152 valence electrons. The first-order valence-corrected chi connectivity index (χ1v) is 11.2. The average Bonchev–Trinajstić information content (AvgIpc) is 3.41. The van der Waals surface area contributed by atoms with Crippen LogP contribution in [-0.2, 0) is 11.3 Å². The number of rotatable bonds is 8. The molecule has 8 nitrogen and oxygen atoms in total. The zero-order valence-electron chi connectivity index (χ0n) is 16.2. The minimum absolute atomic E-state index is 0.162. The fourth-order valence-electron chi connectivity index (χ4n) is 2.79. The van der Waals surface area contributed by atoms with Crippen LogP contribution in [0.2, 0.25) is 0 Å². The molecule has 0 unspecified atom stereocenters. The number of hydrogen-bond donors (Lipinski definition) is 1. The molecule has 0 radical (unpaired) electrons. The minimum Gasteiger partial charge on any atom is -0.302 e. The number of carbonyl (C=O) groups excluding carboxylic acids is 1. The third-order valence-electron chi connectivity index (χ3n) is 4.11. The van der Waals surface area contributed by atoms with Gasteiger partial charge in [-0.2, -0.15) is 0 Å². The summed E-state index contributed by atoms with van der Waals surface area (Å²) in [6.45, 7) is 2.85. The van der Waals surface area contributed by atoms with Crippen molar-refractivity contribution in [1.82, 2.24) is 29.9 Å². The van der Waals surface area contributed by atoms with Gasteiger partial charge in [0.15, 0.2) is 11.0 Å². The fraction of sp³-hybridized carbons (Fsp3) is 0.200. The van der Waals surface area contributed by atoms with Crippen LogP contribution in [-0.4, -0.2) is 41.6 Å². The number of hydrogen-bond acceptors (Lipinski definition) is 8. The van der Waals surface area contributed by atoms with Gasteiger partial charge in [-0.1, -0.05) is 60.4 Å². The Morgan fingerprint density at radius 3 is 2.67 bits per heavy atom. The van der Waals surface area contributed by atoms with E-state index in [0.29, 0.717) is 10.3 Å². The molecule has 0 aliphatic heterocycles. The first kappa shape index (κ1) is 20.2. The molecule has 0 saturated heterocycles. The first-order valence-electron chi connectivity index (χ1n) is 9.39. The van der Waals surface area contributed by atoms with Crippen LogP contribution in [0.25, 0.3) is 22.0 Å². The second kappa shape index (κ2) is 9.59. The van der Waals surface area contributed by atoms with Gasteiger partial charge in [0, 0.05) is 30.1 Å². The summed E-state index contributed by atoms with van der Waals surface area (Å²) in [5, 5.41) is 21.5. The number of thioether (sulfide) groups is 1. The Balaban J connectivity index is 1.41. The van der Waals surface area contributed by atoms with Crippen LogP contribution >= 0.6 is 23.1 Å². The van der Waals surface area contributed by atoms with Gasteiger partial charge < -0.3 is 4.57 Å². The van der Waals surface area contributed by atoms with Crippen molar-refractivity contribution in [3.8, 4) is 22.0 Å². The van der Waals surface area contributed by atoms with Crippen LogP contribution < -0.4 is 5.32 Å². The molecule has 0 atom stereocenters. The standard InChI is InChI=1S/C20H19N7OS2/c1-2-11-27-17(15-9-6-10-21-12-15)23-26-20(27)29-13-16(28)22-19-25-24-18(30-19)14-7-4-3-5-8-14/h3-10,12H,2,11,13H2,1H3,(H,22,25,28). The topological polar surface area (TPSA) is 98.5 Å². The molecular formula is C20H19N7OS2. The predicted molar refractivity (Wildman–Crippen MR) is 118 cm³/mol. The molecule has 1 N–H and O–H groups in total. The molecule has 30 heavy (non-hydrogen) atoms. The maximum Gasteiger partial charge on any atom is 0.236 e. The molecule has 0 aliphatic rings. The van der Waals surface area contributed by atoms with E-state index < -0.39 is 0 Å². The number of nitrogens with one attached hydrogen (secondary N) is 1. The van der Waals surface area contributed by atoms with E-state index in [1.807, 2.05) is 47.0 Å². The molecule has 10 heteroatoms. The Kier molecular flexibility index (Phi) is 6.45. The lowest BCUT2D eigenvalue weighted by molar-refractivity contribution is -0.113. The van der Waals surface area contributed by atoms with Crippen molar-refractivity contribution in [2.75, 3.05) is 11.1 Å². The zero-order chi connectivity index (χ0) is 20.8. The van der Waals surface area contributed by atoms with Crippen LogP contribution in [0.4, 0.5) is 5.13 Å². The summed E-state index contributed by atoms with van der Waals surface area (Å²) in [4.78, 5) is 16.6. The third kappa shape index (κ3) is 4.71. The highest BCUT2D eigenvalue weighted by molar-refractivity contribution is 7.99. The van der Waals surface area contributed by atoms with Crippen molar-refractivity contribution in [3.63, 3.8) is 0 Å². The predicted octanol–water partition coefficient (Wildman–Crippen LogP) is 4.00. The molecule has 3 aromatic heterocycles. The molecule has 1 aromatic carbocycles. The zero-order valence-corrected chi connectivity index (χ0v) is 17.9. The van der Waals surface area contributed by atoms with E-state index in [2.05, 4.69) is 37.6 Å². The smallest absolute Gasteiger partial charge is 0.236 e. The Hall–Kier alpha value is -3.11. The summed E-state index contributed by atoms with van der Waals surface area (Å²) >= 11 is 2.69. The normalized spacial score (nSPS) is 10.8. The van der Waals surface area contributed by atoms with Crippen molar-refractivity contribution in [1.29, 1.82) is 0 Å². The van der Waals surface area contributed by atoms with E-state index in [-0.39, 0.29) is 11.7 Å². The van der Waals surface area contributed by atoms with Gasteiger partial charge in [0.1, 0.15) is 5.01 Å². The number of carbonyl (C=O) groups is 1. The van der Waals surface area contributed by atoms with Gasteiger partial charge in [0.25, 0.3) is 0 Å². The maximum absolute atomic E-state index is 12.4. The van der Waals surface area contributed by atoms with Crippen molar-refractivity contribution >= 4 is 34.1 Å². The van der Waals surface area contributed by atoms with Gasteiger partial charge in [-0.25, -0.2) is 0 Å². The Bertz CT molecular complexity index is 1110. The Labute approximate surface area is 181 Å². The van der Waals surface area contributed by atoms with Crippen molar-refractivity contribution in [2.24, 2.45) is 0 Å². The minimum atomic E-state index is -0.162. The van der Waals surface area contributed by atoms with Crippen LogP contribution in [0.1, 0.15) is 13.3 Å². The molecule has 4 aromatic rings. The second-order valence-electron chi connectivity index (χ2n) is 6.31. The SMILES string of the molecule is CCCn1c(SCC(=O)Nc2nnc(-c3ccccc3)s2)nnc1-c1cccnc1. The summed E-state index contributed by atoms with van der Waals surface area (Å²) in [5.74, 6) is 0.795. The van der Waals surface area contributed by atoms with Gasteiger partial charge in [0.2, 0.25) is 11.0 Å². The molecule has 3 heterocycles. The third-order valence-corrected chi connectivity index (χ3v) is 5.96. The number of benzene rings is 1. The average molecular weight is 438 g/mol. The molecule has 0 fully saturated rings. The van der Waals surface area contributed by atoms with Crippen LogP contribution in [0, 0.1) is 0 Å². The highest BCUT2D eigenvalue weighted by Crippen LogP contribution is 2.27. The summed E-state index contributed by atoms with van der Waals surface area (Å²) in [7, 11) is 0. The van der Waals surface area contributed by atoms with Gasteiger partial charge >= 0.3 is 0 Å². The van der Waals surface area contributed by atoms with Crippen LogP contribution in [0.15, 0.2) is 60.0 Å². The van der Waals surface area contributed by atoms with Crippen molar-refractivity contribution < 1.29 is 4.79 Å². The maximum atomic E-state index is 12.4. The molecule has 1 amide bonds. The summed E-state index contributed by atoms with van der Waals surface area (Å²) in [6, 6.07) is 13.6. The second-order valence-corrected chi connectivity index (χ2v) is 8.23. The van der Waals surface area contributed by atoms with Gasteiger partial charge in [0.05, 0.1) is 5.75 Å². The molecule has 0 bridgehead atoms. The molecule has 0 aliphatic carbocycles. The van der Waals surface area contributed by atoms with E-state index in [0.717, 1.165) is 34.9 Å². The van der Waals surface area contributed by atoms with E-state index >= 15 is 0 Å². The molecule has 4 rings (SSSR count). The Morgan fingerprint density at radius 2 is 1.90 bits per heavy atom. The number of nitrogens with zero attached hydrogens (tertiary/aromatic N) is 6. The lowest BCUT2D eigenvalue weighted by Gasteiger charge is -2.08. The van der Waals surface area contributed by atoms with E-state index in [9.17, 15) is 4.79 Å². The van der Waals surface area contributed by atoms with Gasteiger partial charge in [-0.05, 0) is 18.6 Å². The van der Waals surface area contributed by atoms with E-state index in [1.165, 1.54) is 23.1 Å². The van der Waals surface area contributed by atoms with Crippen LogP contribution in [0.3, 0.4) is 0 Å². The fourth-order valence-corrected chi connectivity index (χ4v) is 4.32. The largest absolute Gasteiger partial charge is 0.302 e. The lowest BCUT2D eigenvalue weighted by Crippen LogP contribution is -2.14. The first-order chi connectivity index (χ1) is 14.7. The molecular weight excluding hydrogens is 418 g/mol. The van der Waals surface area contributed by atoms with E-state index in [1.54, 1.807) is 12.4 Å². The highest BCUT2D eigenvalue weighted by Gasteiger charge is 2.16. The van der Waals surface area contributed by atoms with Crippen LogP contribution in [0.5, 0.6) is 0 Å². The number of pyridine rings is 1. The van der Waals surface area contributed by atoms with Crippen molar-refractivity contribution in [3.05, 3.63) is 54.9 Å². The number of aromatic nitrogens is 6. The molecule has 0 spiro atoms. The molecule has 0 saturated carbocycles. The van der Waals surface area contributed by atoms with Gasteiger partial charge in [-0.3, -0.25) is 15.1 Å². The summed E-state index contributed by atoms with van der Waals surface area (Å²) < 4.78 is 2.02. The van der Waals surface area contributed by atoms with Gasteiger partial charge in [-0.15, -0.1) is 20.4 Å². The summed E-state index contributed by atoms with van der Waals surface area (Å²) in [5.41, 5.74) is 1.87. The number of anilines is 1.